The first-order valence-electron chi connectivity index (χ1n) is 8.86. The molecule has 2 N–H and O–H groups in total. The van der Waals surface area contributed by atoms with Gasteiger partial charge in [0, 0.05) is 16.9 Å². The Morgan fingerprint density at radius 1 is 0.964 bits per heavy atom. The van der Waals surface area contributed by atoms with Gasteiger partial charge in [0.1, 0.15) is 5.75 Å². The molecule has 0 saturated carbocycles. The Hall–Kier alpha value is -3.19. The minimum Gasteiger partial charge on any atom is -0.497 e. The number of rotatable bonds is 8. The molecule has 0 bridgehead atoms. The Morgan fingerprint density at radius 3 is 2.04 bits per heavy atom. The Labute approximate surface area is 164 Å². The SMILES string of the molecule is COc1ccc(NC(=O)CN(C)C(C)C(=O)Nc2ccc(C(C)=O)cc2)cc1. The van der Waals surface area contributed by atoms with Crippen LogP contribution >= 0.6 is 0 Å². The van der Waals surface area contributed by atoms with E-state index in [1.165, 1.54) is 6.92 Å². The number of anilines is 2. The van der Waals surface area contributed by atoms with Gasteiger partial charge in [-0.1, -0.05) is 0 Å². The average molecular weight is 383 g/mol. The van der Waals surface area contributed by atoms with Crippen LogP contribution in [0.1, 0.15) is 24.2 Å². The Bertz CT molecular complexity index is 832. The molecule has 0 aliphatic rings. The lowest BCUT2D eigenvalue weighted by atomic mass is 10.1. The predicted molar refractivity (Wildman–Crippen MR) is 109 cm³/mol. The largest absolute Gasteiger partial charge is 0.497 e. The van der Waals surface area contributed by atoms with Crippen LogP contribution in [0, 0.1) is 0 Å². The number of ketones is 1. The molecule has 0 heterocycles. The van der Waals surface area contributed by atoms with Gasteiger partial charge in [0.25, 0.3) is 0 Å². The van der Waals surface area contributed by atoms with Crippen molar-refractivity contribution in [3.05, 3.63) is 54.1 Å². The standard InChI is InChI=1S/C21H25N3O4/c1-14(21(27)23-18-7-5-16(6-8-18)15(2)25)24(3)13-20(26)22-17-9-11-19(28-4)12-10-17/h5-12,14H,13H2,1-4H3,(H,22,26)(H,23,27). The van der Waals surface area contributed by atoms with Gasteiger partial charge >= 0.3 is 0 Å². The lowest BCUT2D eigenvalue weighted by molar-refractivity contribution is -0.122. The average Bonchev–Trinajstić information content (AvgIpc) is 2.68. The summed E-state index contributed by atoms with van der Waals surface area (Å²) in [4.78, 5) is 37.6. The molecular formula is C21H25N3O4. The number of hydrogen-bond donors (Lipinski definition) is 2. The monoisotopic (exact) mass is 383 g/mol. The summed E-state index contributed by atoms with van der Waals surface area (Å²) in [6, 6.07) is 13.2. The van der Waals surface area contributed by atoms with E-state index in [4.69, 9.17) is 4.74 Å². The van der Waals surface area contributed by atoms with Gasteiger partial charge in [0.05, 0.1) is 19.7 Å². The molecule has 1 unspecified atom stereocenters. The van der Waals surface area contributed by atoms with Crippen LogP contribution < -0.4 is 15.4 Å². The quantitative estimate of drug-likeness (QED) is 0.685. The molecule has 2 aromatic carbocycles. The van der Waals surface area contributed by atoms with E-state index >= 15 is 0 Å². The van der Waals surface area contributed by atoms with Crippen LogP contribution in [-0.2, 0) is 9.59 Å². The topological polar surface area (TPSA) is 87.7 Å². The first kappa shape index (κ1) is 21.1. The maximum Gasteiger partial charge on any atom is 0.241 e. The van der Waals surface area contributed by atoms with Crippen LogP contribution in [0.4, 0.5) is 11.4 Å². The smallest absolute Gasteiger partial charge is 0.241 e. The number of ether oxygens (including phenoxy) is 1. The van der Waals surface area contributed by atoms with Crippen LogP contribution in [0.5, 0.6) is 5.75 Å². The number of likely N-dealkylation sites (N-methyl/N-ethyl adjacent to an activating group) is 1. The van der Waals surface area contributed by atoms with Crippen molar-refractivity contribution in [2.45, 2.75) is 19.9 Å². The van der Waals surface area contributed by atoms with Gasteiger partial charge in [-0.3, -0.25) is 19.3 Å². The molecule has 0 aliphatic carbocycles. The molecule has 0 spiro atoms. The van der Waals surface area contributed by atoms with Crippen molar-refractivity contribution >= 4 is 29.0 Å². The van der Waals surface area contributed by atoms with Crippen LogP contribution in [-0.4, -0.2) is 49.2 Å². The van der Waals surface area contributed by atoms with Crippen LogP contribution in [0.15, 0.2) is 48.5 Å². The van der Waals surface area contributed by atoms with Gasteiger partial charge in [-0.2, -0.15) is 0 Å². The van der Waals surface area contributed by atoms with E-state index in [0.717, 1.165) is 0 Å². The molecule has 2 amide bonds. The number of carbonyl (C=O) groups excluding carboxylic acids is 3. The summed E-state index contributed by atoms with van der Waals surface area (Å²) >= 11 is 0. The Kier molecular flexibility index (Phi) is 7.28. The minimum absolute atomic E-state index is 0.0335. The van der Waals surface area contributed by atoms with Crippen molar-refractivity contribution in [3.8, 4) is 5.75 Å². The molecular weight excluding hydrogens is 358 g/mol. The van der Waals surface area contributed by atoms with Crippen molar-refractivity contribution < 1.29 is 19.1 Å². The molecule has 0 aliphatic heterocycles. The van der Waals surface area contributed by atoms with Crippen molar-refractivity contribution in [1.82, 2.24) is 4.90 Å². The molecule has 0 radical (unpaired) electrons. The van der Waals surface area contributed by atoms with Crippen molar-refractivity contribution in [2.24, 2.45) is 0 Å². The van der Waals surface area contributed by atoms with Crippen LogP contribution in [0.3, 0.4) is 0 Å². The lowest BCUT2D eigenvalue weighted by Crippen LogP contribution is -2.43. The zero-order valence-electron chi connectivity index (χ0n) is 16.5. The second kappa shape index (κ2) is 9.66. The van der Waals surface area contributed by atoms with E-state index in [9.17, 15) is 14.4 Å². The van der Waals surface area contributed by atoms with Gasteiger partial charge in [0.2, 0.25) is 11.8 Å². The number of benzene rings is 2. The molecule has 0 fully saturated rings. The predicted octanol–water partition coefficient (Wildman–Crippen LogP) is 2.80. The summed E-state index contributed by atoms with van der Waals surface area (Å²) in [7, 11) is 3.28. The molecule has 0 aromatic heterocycles. The summed E-state index contributed by atoms with van der Waals surface area (Å²) in [5.41, 5.74) is 1.83. The third-order valence-electron chi connectivity index (χ3n) is 4.37. The van der Waals surface area contributed by atoms with Gasteiger partial charge < -0.3 is 15.4 Å². The van der Waals surface area contributed by atoms with E-state index in [-0.39, 0.29) is 24.1 Å². The van der Waals surface area contributed by atoms with Crippen molar-refractivity contribution in [3.63, 3.8) is 0 Å². The molecule has 148 valence electrons. The molecule has 2 rings (SSSR count). The number of Topliss-reactive ketones (excluding diaryl/α,β-unsaturated/α-hetero) is 1. The third kappa shape index (κ3) is 5.92. The van der Waals surface area contributed by atoms with Crippen LogP contribution in [0.2, 0.25) is 0 Å². The fourth-order valence-electron chi connectivity index (χ4n) is 2.47. The summed E-state index contributed by atoms with van der Waals surface area (Å²) < 4.78 is 5.08. The maximum absolute atomic E-state index is 12.4. The highest BCUT2D eigenvalue weighted by molar-refractivity contribution is 5.97. The van der Waals surface area contributed by atoms with E-state index in [2.05, 4.69) is 10.6 Å². The number of nitrogens with zero attached hydrogens (tertiary/aromatic N) is 1. The fraction of sp³-hybridized carbons (Fsp3) is 0.286. The minimum atomic E-state index is -0.519. The summed E-state index contributed by atoms with van der Waals surface area (Å²) in [5, 5.41) is 5.57. The molecule has 0 saturated heterocycles. The maximum atomic E-state index is 12.4. The first-order valence-corrected chi connectivity index (χ1v) is 8.86. The Morgan fingerprint density at radius 2 is 1.50 bits per heavy atom. The van der Waals surface area contributed by atoms with Gasteiger partial charge in [0.15, 0.2) is 5.78 Å². The number of amides is 2. The molecule has 1 atom stereocenters. The summed E-state index contributed by atoms with van der Waals surface area (Å²) in [6.07, 6.45) is 0. The summed E-state index contributed by atoms with van der Waals surface area (Å²) in [5.74, 6) is 0.207. The Balaban J connectivity index is 1.87. The molecule has 7 heteroatoms. The fourth-order valence-corrected chi connectivity index (χ4v) is 2.47. The van der Waals surface area contributed by atoms with Crippen molar-refractivity contribution in [1.29, 1.82) is 0 Å². The van der Waals surface area contributed by atoms with E-state index < -0.39 is 6.04 Å². The molecule has 28 heavy (non-hydrogen) atoms. The zero-order valence-corrected chi connectivity index (χ0v) is 16.5. The number of hydrogen-bond acceptors (Lipinski definition) is 5. The normalized spacial score (nSPS) is 11.6. The van der Waals surface area contributed by atoms with E-state index in [0.29, 0.717) is 22.7 Å². The summed E-state index contributed by atoms with van der Waals surface area (Å²) in [6.45, 7) is 3.27. The second-order valence-corrected chi connectivity index (χ2v) is 6.49. The molecule has 7 nitrogen and oxygen atoms in total. The van der Waals surface area contributed by atoms with Gasteiger partial charge in [-0.25, -0.2) is 0 Å². The number of carbonyl (C=O) groups is 3. The van der Waals surface area contributed by atoms with Gasteiger partial charge in [-0.15, -0.1) is 0 Å². The highest BCUT2D eigenvalue weighted by Gasteiger charge is 2.20. The van der Waals surface area contributed by atoms with E-state index in [1.54, 1.807) is 74.5 Å². The van der Waals surface area contributed by atoms with Crippen LogP contribution in [0.25, 0.3) is 0 Å². The van der Waals surface area contributed by atoms with Crippen molar-refractivity contribution in [2.75, 3.05) is 31.3 Å². The van der Waals surface area contributed by atoms with Gasteiger partial charge in [-0.05, 0) is 69.4 Å². The van der Waals surface area contributed by atoms with E-state index in [1.807, 2.05) is 0 Å². The highest BCUT2D eigenvalue weighted by atomic mass is 16.5. The third-order valence-corrected chi connectivity index (χ3v) is 4.37. The molecule has 2 aromatic rings. The lowest BCUT2D eigenvalue weighted by Gasteiger charge is -2.23. The number of nitrogens with one attached hydrogen (secondary N) is 2. The number of methoxy groups -OCH3 is 1. The zero-order chi connectivity index (χ0) is 20.7. The first-order chi connectivity index (χ1) is 13.3. The highest BCUT2D eigenvalue weighted by Crippen LogP contribution is 2.15. The second-order valence-electron chi connectivity index (χ2n) is 6.49.